The largest absolute Gasteiger partial charge is 0.507 e. The second-order valence-electron chi connectivity index (χ2n) is 4.08. The standard InChI is InChI=1S/C11H14BrNO2/c12-9-5-8(1-2-10(9)15)6-13-11(7-14)3-4-11/h1-2,5,13-15H,3-4,6-7H2. The van der Waals surface area contributed by atoms with Gasteiger partial charge in [0, 0.05) is 12.1 Å². The molecule has 0 bridgehead atoms. The molecule has 1 fully saturated rings. The molecule has 0 amide bonds. The van der Waals surface area contributed by atoms with Gasteiger partial charge in [0.05, 0.1) is 11.1 Å². The quantitative estimate of drug-likeness (QED) is 0.783. The van der Waals surface area contributed by atoms with Gasteiger partial charge in [-0.05, 0) is 46.5 Å². The summed E-state index contributed by atoms with van der Waals surface area (Å²) in [5.74, 6) is 0.252. The Labute approximate surface area is 97.3 Å². The summed E-state index contributed by atoms with van der Waals surface area (Å²) in [6.45, 7) is 0.922. The Bertz CT molecular complexity index is 364. The highest BCUT2D eigenvalue weighted by Crippen LogP contribution is 2.35. The normalized spacial score (nSPS) is 17.7. The van der Waals surface area contributed by atoms with Crippen LogP contribution in [0, 0.1) is 0 Å². The monoisotopic (exact) mass is 271 g/mol. The molecule has 0 unspecified atom stereocenters. The van der Waals surface area contributed by atoms with Gasteiger partial charge in [0.15, 0.2) is 0 Å². The molecule has 1 saturated carbocycles. The van der Waals surface area contributed by atoms with Crippen LogP contribution in [0.5, 0.6) is 5.75 Å². The Morgan fingerprint density at radius 3 is 2.67 bits per heavy atom. The third-order valence-electron chi connectivity index (χ3n) is 2.84. The van der Waals surface area contributed by atoms with Crippen LogP contribution in [0.4, 0.5) is 0 Å². The van der Waals surface area contributed by atoms with Crippen LogP contribution >= 0.6 is 15.9 Å². The van der Waals surface area contributed by atoms with Crippen molar-refractivity contribution in [2.75, 3.05) is 6.61 Å². The van der Waals surface area contributed by atoms with E-state index in [9.17, 15) is 5.11 Å². The molecule has 3 N–H and O–H groups in total. The number of aliphatic hydroxyl groups is 1. The Balaban J connectivity index is 1.96. The molecule has 0 saturated heterocycles. The summed E-state index contributed by atoms with van der Waals surface area (Å²) in [7, 11) is 0. The van der Waals surface area contributed by atoms with Crippen LogP contribution < -0.4 is 5.32 Å². The van der Waals surface area contributed by atoms with Crippen molar-refractivity contribution in [1.29, 1.82) is 0 Å². The van der Waals surface area contributed by atoms with Crippen LogP contribution in [0.2, 0.25) is 0 Å². The van der Waals surface area contributed by atoms with Crippen LogP contribution in [0.3, 0.4) is 0 Å². The van der Waals surface area contributed by atoms with Crippen molar-refractivity contribution in [3.8, 4) is 5.75 Å². The van der Waals surface area contributed by atoms with E-state index in [1.165, 1.54) is 0 Å². The lowest BCUT2D eigenvalue weighted by Crippen LogP contribution is -2.34. The highest BCUT2D eigenvalue weighted by atomic mass is 79.9. The van der Waals surface area contributed by atoms with Gasteiger partial charge >= 0.3 is 0 Å². The lowest BCUT2D eigenvalue weighted by Gasteiger charge is -2.14. The van der Waals surface area contributed by atoms with Gasteiger partial charge in [-0.3, -0.25) is 0 Å². The molecule has 0 radical (unpaired) electrons. The molecule has 0 atom stereocenters. The number of hydrogen-bond donors (Lipinski definition) is 3. The maximum atomic E-state index is 9.32. The van der Waals surface area contributed by atoms with Gasteiger partial charge < -0.3 is 15.5 Å². The molecular formula is C11H14BrNO2. The van der Waals surface area contributed by atoms with Gasteiger partial charge in [0.2, 0.25) is 0 Å². The summed E-state index contributed by atoms with van der Waals surface area (Å²) in [5.41, 5.74) is 1.06. The van der Waals surface area contributed by atoms with E-state index >= 15 is 0 Å². The van der Waals surface area contributed by atoms with E-state index in [4.69, 9.17) is 5.11 Å². The number of aliphatic hydroxyl groups excluding tert-OH is 1. The first-order chi connectivity index (χ1) is 7.15. The summed E-state index contributed by atoms with van der Waals surface area (Å²) in [6.07, 6.45) is 2.09. The molecule has 1 aromatic rings. The molecule has 1 aromatic carbocycles. The zero-order chi connectivity index (χ0) is 10.9. The van der Waals surface area contributed by atoms with E-state index in [2.05, 4.69) is 21.2 Å². The minimum atomic E-state index is -0.0373. The smallest absolute Gasteiger partial charge is 0.129 e. The SMILES string of the molecule is OCC1(NCc2ccc(O)c(Br)c2)CC1. The molecule has 0 aliphatic heterocycles. The minimum absolute atomic E-state index is 0.0373. The van der Waals surface area contributed by atoms with Crippen molar-refractivity contribution in [3.05, 3.63) is 28.2 Å². The lowest BCUT2D eigenvalue weighted by molar-refractivity contribution is 0.229. The van der Waals surface area contributed by atoms with Crippen LogP contribution in [0.25, 0.3) is 0 Å². The van der Waals surface area contributed by atoms with Crippen molar-refractivity contribution >= 4 is 15.9 Å². The molecule has 15 heavy (non-hydrogen) atoms. The van der Waals surface area contributed by atoms with E-state index in [0.29, 0.717) is 4.47 Å². The first-order valence-electron chi connectivity index (χ1n) is 4.98. The molecule has 0 heterocycles. The molecular weight excluding hydrogens is 258 g/mol. The molecule has 3 nitrogen and oxygen atoms in total. The van der Waals surface area contributed by atoms with Crippen molar-refractivity contribution in [2.45, 2.75) is 24.9 Å². The van der Waals surface area contributed by atoms with Crippen molar-refractivity contribution in [2.24, 2.45) is 0 Å². The number of benzene rings is 1. The fourth-order valence-electron chi connectivity index (χ4n) is 1.49. The predicted molar refractivity (Wildman–Crippen MR) is 61.7 cm³/mol. The number of halogens is 1. The third kappa shape index (κ3) is 2.51. The van der Waals surface area contributed by atoms with Crippen LogP contribution in [-0.2, 0) is 6.54 Å². The predicted octanol–water partition coefficient (Wildman–Crippen LogP) is 1.77. The number of phenolic OH excluding ortho intramolecular Hbond substituents is 1. The van der Waals surface area contributed by atoms with Crippen molar-refractivity contribution in [1.82, 2.24) is 5.32 Å². The summed E-state index contributed by atoms with van der Waals surface area (Å²) >= 11 is 3.27. The second-order valence-corrected chi connectivity index (χ2v) is 4.93. The van der Waals surface area contributed by atoms with Gasteiger partial charge in [0.1, 0.15) is 5.75 Å². The molecule has 0 aromatic heterocycles. The Morgan fingerprint density at radius 2 is 2.13 bits per heavy atom. The number of hydrogen-bond acceptors (Lipinski definition) is 3. The van der Waals surface area contributed by atoms with E-state index in [1.807, 2.05) is 12.1 Å². The number of aromatic hydroxyl groups is 1. The van der Waals surface area contributed by atoms with Gasteiger partial charge in [-0.15, -0.1) is 0 Å². The number of rotatable bonds is 4. The van der Waals surface area contributed by atoms with E-state index in [1.54, 1.807) is 6.07 Å². The van der Waals surface area contributed by atoms with Gasteiger partial charge in [-0.2, -0.15) is 0 Å². The summed E-state index contributed by atoms with van der Waals surface area (Å²) in [6, 6.07) is 5.43. The first kappa shape index (κ1) is 10.9. The lowest BCUT2D eigenvalue weighted by atomic mass is 10.2. The summed E-state index contributed by atoms with van der Waals surface area (Å²) in [4.78, 5) is 0. The molecule has 82 valence electrons. The molecule has 0 spiro atoms. The van der Waals surface area contributed by atoms with Gasteiger partial charge in [-0.25, -0.2) is 0 Å². The first-order valence-corrected chi connectivity index (χ1v) is 5.78. The maximum Gasteiger partial charge on any atom is 0.129 e. The fourth-order valence-corrected chi connectivity index (χ4v) is 1.92. The Morgan fingerprint density at radius 1 is 1.40 bits per heavy atom. The average molecular weight is 272 g/mol. The van der Waals surface area contributed by atoms with Crippen LogP contribution in [0.1, 0.15) is 18.4 Å². The fraction of sp³-hybridized carbons (Fsp3) is 0.455. The highest BCUT2D eigenvalue weighted by molar-refractivity contribution is 9.10. The van der Waals surface area contributed by atoms with Crippen molar-refractivity contribution < 1.29 is 10.2 Å². The third-order valence-corrected chi connectivity index (χ3v) is 3.47. The number of nitrogens with one attached hydrogen (secondary N) is 1. The average Bonchev–Trinajstić information content (AvgIpc) is 3.01. The van der Waals surface area contributed by atoms with Crippen LogP contribution in [0.15, 0.2) is 22.7 Å². The summed E-state index contributed by atoms with van der Waals surface area (Å²) in [5, 5.41) is 21.8. The Kier molecular flexibility index (Phi) is 3.00. The minimum Gasteiger partial charge on any atom is -0.507 e. The van der Waals surface area contributed by atoms with Gasteiger partial charge in [0.25, 0.3) is 0 Å². The molecule has 1 aliphatic carbocycles. The van der Waals surface area contributed by atoms with E-state index in [-0.39, 0.29) is 17.9 Å². The van der Waals surface area contributed by atoms with Gasteiger partial charge in [-0.1, -0.05) is 6.07 Å². The Hall–Kier alpha value is -0.580. The second kappa shape index (κ2) is 4.12. The van der Waals surface area contributed by atoms with Crippen LogP contribution in [-0.4, -0.2) is 22.4 Å². The highest BCUT2D eigenvalue weighted by Gasteiger charge is 2.41. The molecule has 1 aliphatic rings. The number of phenols is 1. The zero-order valence-corrected chi connectivity index (χ0v) is 9.92. The van der Waals surface area contributed by atoms with E-state index in [0.717, 1.165) is 24.9 Å². The van der Waals surface area contributed by atoms with Crippen molar-refractivity contribution in [3.63, 3.8) is 0 Å². The zero-order valence-electron chi connectivity index (χ0n) is 8.33. The topological polar surface area (TPSA) is 52.5 Å². The molecule has 4 heteroatoms. The maximum absolute atomic E-state index is 9.32. The molecule has 2 rings (SSSR count). The summed E-state index contributed by atoms with van der Waals surface area (Å²) < 4.78 is 0.704. The van der Waals surface area contributed by atoms with E-state index < -0.39 is 0 Å².